The van der Waals surface area contributed by atoms with Crippen LogP contribution in [-0.4, -0.2) is 24.9 Å². The van der Waals surface area contributed by atoms with Gasteiger partial charge in [0.05, 0.1) is 5.92 Å². The van der Waals surface area contributed by atoms with Crippen molar-refractivity contribution < 1.29 is 9.59 Å². The van der Waals surface area contributed by atoms with Crippen LogP contribution < -0.4 is 16.4 Å². The fourth-order valence-electron chi connectivity index (χ4n) is 2.44. The largest absolute Gasteiger partial charge is 0.369 e. The van der Waals surface area contributed by atoms with Gasteiger partial charge in [0, 0.05) is 32.5 Å². The normalized spacial score (nSPS) is 22.2. The molecule has 0 radical (unpaired) electrons. The van der Waals surface area contributed by atoms with E-state index in [4.69, 9.17) is 5.73 Å². The zero-order valence-corrected chi connectivity index (χ0v) is 11.0. The van der Waals surface area contributed by atoms with Crippen LogP contribution in [0.5, 0.6) is 0 Å². The predicted octanol–water partition coefficient (Wildman–Crippen LogP) is 0.111. The lowest BCUT2D eigenvalue weighted by atomic mass is 9.88. The van der Waals surface area contributed by atoms with Gasteiger partial charge in [0.25, 0.3) is 0 Å². The first-order chi connectivity index (χ1) is 9.08. The van der Waals surface area contributed by atoms with E-state index in [1.165, 1.54) is 6.92 Å². The van der Waals surface area contributed by atoms with Crippen LogP contribution in [0, 0.1) is 5.92 Å². The average Bonchev–Trinajstić information content (AvgIpc) is 2.86. The Balaban J connectivity index is 2.05. The smallest absolute Gasteiger partial charge is 0.222 e. The molecule has 0 unspecified atom stereocenters. The Hall–Kier alpha value is -1.88. The summed E-state index contributed by atoms with van der Waals surface area (Å²) in [6.45, 7) is 3.44. The molecule has 1 heterocycles. The van der Waals surface area contributed by atoms with Crippen LogP contribution >= 0.6 is 0 Å². The van der Waals surface area contributed by atoms with E-state index in [0.717, 1.165) is 17.7 Å². The van der Waals surface area contributed by atoms with Gasteiger partial charge in [-0.3, -0.25) is 9.59 Å². The number of rotatable bonds is 4. The number of carbonyl (C=O) groups excluding carboxylic acids is 2. The minimum Gasteiger partial charge on any atom is -0.369 e. The summed E-state index contributed by atoms with van der Waals surface area (Å²) in [4.78, 5) is 22.2. The van der Waals surface area contributed by atoms with Crippen LogP contribution in [0.3, 0.4) is 0 Å². The van der Waals surface area contributed by atoms with Crippen LogP contribution in [0.4, 0.5) is 0 Å². The summed E-state index contributed by atoms with van der Waals surface area (Å²) in [6.07, 6.45) is 0. The maximum atomic E-state index is 11.4. The highest BCUT2D eigenvalue weighted by atomic mass is 16.1. The van der Waals surface area contributed by atoms with Gasteiger partial charge in [0.2, 0.25) is 11.8 Å². The van der Waals surface area contributed by atoms with Gasteiger partial charge < -0.3 is 16.4 Å². The second-order valence-electron chi connectivity index (χ2n) is 4.92. The van der Waals surface area contributed by atoms with Crippen molar-refractivity contribution in [1.82, 2.24) is 10.6 Å². The number of nitrogens with one attached hydrogen (secondary N) is 2. The summed E-state index contributed by atoms with van der Waals surface area (Å²) >= 11 is 0. The van der Waals surface area contributed by atoms with Gasteiger partial charge in [-0.25, -0.2) is 0 Å². The van der Waals surface area contributed by atoms with Crippen LogP contribution in [0.2, 0.25) is 0 Å². The first kappa shape index (κ1) is 13.5. The molecule has 19 heavy (non-hydrogen) atoms. The van der Waals surface area contributed by atoms with E-state index >= 15 is 0 Å². The quantitative estimate of drug-likeness (QED) is 0.719. The topological polar surface area (TPSA) is 84.2 Å². The number of primary amides is 1. The molecule has 0 bridgehead atoms. The molecule has 0 aliphatic carbocycles. The molecule has 2 amide bonds. The SMILES string of the molecule is CC(=O)NCc1ccc([C@H]2CNC[C@@H]2C(N)=O)cc1. The van der Waals surface area contributed by atoms with Gasteiger partial charge >= 0.3 is 0 Å². The first-order valence-electron chi connectivity index (χ1n) is 6.41. The van der Waals surface area contributed by atoms with Gasteiger partial charge in [-0.1, -0.05) is 24.3 Å². The van der Waals surface area contributed by atoms with Crippen molar-refractivity contribution in [2.24, 2.45) is 11.7 Å². The molecule has 1 aliphatic rings. The van der Waals surface area contributed by atoms with Gasteiger partial charge in [0.15, 0.2) is 0 Å². The Bertz CT molecular complexity index is 470. The van der Waals surface area contributed by atoms with E-state index in [-0.39, 0.29) is 23.7 Å². The van der Waals surface area contributed by atoms with Crippen LogP contribution in [-0.2, 0) is 16.1 Å². The minimum atomic E-state index is -0.252. The number of amides is 2. The van der Waals surface area contributed by atoms with E-state index in [2.05, 4.69) is 10.6 Å². The van der Waals surface area contributed by atoms with E-state index in [1.807, 2.05) is 24.3 Å². The summed E-state index contributed by atoms with van der Waals surface area (Å²) in [5.41, 5.74) is 7.56. The molecule has 1 aliphatic heterocycles. The summed E-state index contributed by atoms with van der Waals surface area (Å²) in [7, 11) is 0. The van der Waals surface area contributed by atoms with Crippen LogP contribution in [0.25, 0.3) is 0 Å². The van der Waals surface area contributed by atoms with Gasteiger partial charge in [-0.15, -0.1) is 0 Å². The Morgan fingerprint density at radius 1 is 1.32 bits per heavy atom. The maximum Gasteiger partial charge on any atom is 0.222 e. The second-order valence-corrected chi connectivity index (χ2v) is 4.92. The van der Waals surface area contributed by atoms with Crippen molar-refractivity contribution in [3.63, 3.8) is 0 Å². The van der Waals surface area contributed by atoms with E-state index in [9.17, 15) is 9.59 Å². The fraction of sp³-hybridized carbons (Fsp3) is 0.429. The summed E-state index contributed by atoms with van der Waals surface area (Å²) in [6, 6.07) is 7.96. The molecule has 5 nitrogen and oxygen atoms in total. The molecule has 1 aromatic rings. The number of hydrogen-bond acceptors (Lipinski definition) is 3. The molecular weight excluding hydrogens is 242 g/mol. The van der Waals surface area contributed by atoms with Crippen molar-refractivity contribution in [2.45, 2.75) is 19.4 Å². The fourth-order valence-corrected chi connectivity index (χ4v) is 2.44. The average molecular weight is 261 g/mol. The molecule has 4 N–H and O–H groups in total. The Morgan fingerprint density at radius 3 is 2.58 bits per heavy atom. The summed E-state index contributed by atoms with van der Waals surface area (Å²) in [5.74, 6) is -0.288. The third-order valence-corrected chi connectivity index (χ3v) is 3.53. The number of hydrogen-bond donors (Lipinski definition) is 3. The third-order valence-electron chi connectivity index (χ3n) is 3.53. The minimum absolute atomic E-state index is 0.0436. The number of carbonyl (C=O) groups is 2. The molecule has 0 spiro atoms. The lowest BCUT2D eigenvalue weighted by Gasteiger charge is -2.16. The highest BCUT2D eigenvalue weighted by molar-refractivity contribution is 5.78. The van der Waals surface area contributed by atoms with E-state index in [0.29, 0.717) is 13.1 Å². The molecule has 1 aromatic carbocycles. The van der Waals surface area contributed by atoms with Crippen molar-refractivity contribution >= 4 is 11.8 Å². The summed E-state index contributed by atoms with van der Waals surface area (Å²) in [5, 5.41) is 5.95. The molecule has 2 atom stereocenters. The van der Waals surface area contributed by atoms with Gasteiger partial charge in [0.1, 0.15) is 0 Å². The Morgan fingerprint density at radius 2 is 2.00 bits per heavy atom. The van der Waals surface area contributed by atoms with Crippen LogP contribution in [0.1, 0.15) is 24.0 Å². The monoisotopic (exact) mass is 261 g/mol. The van der Waals surface area contributed by atoms with Gasteiger partial charge in [-0.05, 0) is 11.1 Å². The summed E-state index contributed by atoms with van der Waals surface area (Å²) < 4.78 is 0. The molecule has 102 valence electrons. The third kappa shape index (κ3) is 3.32. The first-order valence-corrected chi connectivity index (χ1v) is 6.41. The van der Waals surface area contributed by atoms with Crippen molar-refractivity contribution in [2.75, 3.05) is 13.1 Å². The van der Waals surface area contributed by atoms with Gasteiger partial charge in [-0.2, -0.15) is 0 Å². The molecule has 0 saturated carbocycles. The highest BCUT2D eigenvalue weighted by Gasteiger charge is 2.32. The molecular formula is C14H19N3O2. The predicted molar refractivity (Wildman–Crippen MR) is 72.3 cm³/mol. The molecule has 2 rings (SSSR count). The molecule has 0 aromatic heterocycles. The Labute approximate surface area is 112 Å². The standard InChI is InChI=1S/C14H19N3O2/c1-9(18)17-6-10-2-4-11(5-3-10)12-7-16-8-13(12)14(15)19/h2-5,12-13,16H,6-8H2,1H3,(H2,15,19)(H,17,18)/t12-,13+/m1/s1. The zero-order chi connectivity index (χ0) is 13.8. The molecule has 1 fully saturated rings. The Kier molecular flexibility index (Phi) is 4.16. The molecule has 1 saturated heterocycles. The second kappa shape index (κ2) is 5.84. The molecule has 5 heteroatoms. The number of benzene rings is 1. The lowest BCUT2D eigenvalue weighted by molar-refractivity contribution is -0.121. The van der Waals surface area contributed by atoms with Crippen LogP contribution in [0.15, 0.2) is 24.3 Å². The van der Waals surface area contributed by atoms with E-state index in [1.54, 1.807) is 0 Å². The number of nitrogens with two attached hydrogens (primary N) is 1. The van der Waals surface area contributed by atoms with Crippen molar-refractivity contribution in [3.8, 4) is 0 Å². The van der Waals surface area contributed by atoms with Crippen molar-refractivity contribution in [1.29, 1.82) is 0 Å². The zero-order valence-electron chi connectivity index (χ0n) is 11.0. The van der Waals surface area contributed by atoms with E-state index < -0.39 is 0 Å². The lowest BCUT2D eigenvalue weighted by Crippen LogP contribution is -2.28. The van der Waals surface area contributed by atoms with Crippen molar-refractivity contribution in [3.05, 3.63) is 35.4 Å². The maximum absolute atomic E-state index is 11.4. The highest BCUT2D eigenvalue weighted by Crippen LogP contribution is 2.28.